The molecule has 28 heavy (non-hydrogen) atoms. The third-order valence-corrected chi connectivity index (χ3v) is 5.57. The molecule has 1 aromatic heterocycles. The average molecular weight is 381 g/mol. The van der Waals surface area contributed by atoms with Gasteiger partial charge in [-0.2, -0.15) is 0 Å². The number of carbonyl (C=O) groups excluding carboxylic acids is 1. The van der Waals surface area contributed by atoms with E-state index in [1.165, 1.54) is 6.42 Å². The van der Waals surface area contributed by atoms with E-state index in [4.69, 9.17) is 0 Å². The van der Waals surface area contributed by atoms with E-state index >= 15 is 0 Å². The summed E-state index contributed by atoms with van der Waals surface area (Å²) in [5.74, 6) is 0.139. The molecule has 0 spiro atoms. The van der Waals surface area contributed by atoms with Crippen molar-refractivity contribution in [1.82, 2.24) is 9.88 Å². The molecule has 0 unspecified atom stereocenters. The number of aliphatic hydroxyl groups is 1. The van der Waals surface area contributed by atoms with Gasteiger partial charge in [-0.25, -0.2) is 0 Å². The number of aromatic nitrogens is 1. The summed E-state index contributed by atoms with van der Waals surface area (Å²) < 4.78 is 0. The Balaban J connectivity index is 1.62. The van der Waals surface area contributed by atoms with Crippen LogP contribution in [0.25, 0.3) is 0 Å². The molecule has 4 heteroatoms. The Hall–Kier alpha value is -2.20. The van der Waals surface area contributed by atoms with Gasteiger partial charge in [0.1, 0.15) is 0 Å². The van der Waals surface area contributed by atoms with E-state index in [0.717, 1.165) is 55.5 Å². The molecule has 0 radical (unpaired) electrons. The minimum Gasteiger partial charge on any atom is -0.390 e. The monoisotopic (exact) mass is 380 g/mol. The number of pyridine rings is 1. The summed E-state index contributed by atoms with van der Waals surface area (Å²) in [6, 6.07) is 14.2. The second kappa shape index (κ2) is 9.33. The van der Waals surface area contributed by atoms with Crippen molar-refractivity contribution in [2.45, 2.75) is 70.4 Å². The van der Waals surface area contributed by atoms with Crippen LogP contribution in [0, 0.1) is 0 Å². The Morgan fingerprint density at radius 3 is 2.61 bits per heavy atom. The molecule has 2 heterocycles. The minimum atomic E-state index is -0.664. The largest absolute Gasteiger partial charge is 0.390 e. The molecular weight excluding hydrogens is 348 g/mol. The Kier molecular flexibility index (Phi) is 6.84. The number of benzene rings is 1. The van der Waals surface area contributed by atoms with E-state index in [1.54, 1.807) is 0 Å². The molecule has 150 valence electrons. The number of amides is 1. The number of nitrogens with zero attached hydrogens (tertiary/aromatic N) is 2. The summed E-state index contributed by atoms with van der Waals surface area (Å²) in [7, 11) is 0. The van der Waals surface area contributed by atoms with Gasteiger partial charge >= 0.3 is 0 Å². The van der Waals surface area contributed by atoms with Gasteiger partial charge in [0, 0.05) is 30.0 Å². The van der Waals surface area contributed by atoms with Crippen LogP contribution in [-0.2, 0) is 12.8 Å². The number of hydrogen-bond acceptors (Lipinski definition) is 3. The first-order valence-electron chi connectivity index (χ1n) is 10.4. The van der Waals surface area contributed by atoms with Crippen LogP contribution in [0.4, 0.5) is 0 Å². The summed E-state index contributed by atoms with van der Waals surface area (Å²) in [6.45, 7) is 4.49. The summed E-state index contributed by atoms with van der Waals surface area (Å²) in [4.78, 5) is 19.6. The van der Waals surface area contributed by atoms with Crippen molar-refractivity contribution in [3.8, 4) is 0 Å². The van der Waals surface area contributed by atoms with Gasteiger partial charge in [0.05, 0.1) is 5.60 Å². The molecule has 0 bridgehead atoms. The molecule has 1 aliphatic heterocycles. The highest BCUT2D eigenvalue weighted by Gasteiger charge is 2.27. The lowest BCUT2D eigenvalue weighted by Crippen LogP contribution is -2.44. The van der Waals surface area contributed by atoms with Crippen LogP contribution >= 0.6 is 0 Å². The molecular formula is C24H32N2O2. The highest BCUT2D eigenvalue weighted by atomic mass is 16.3. The first-order valence-corrected chi connectivity index (χ1v) is 10.4. The maximum absolute atomic E-state index is 13.1. The lowest BCUT2D eigenvalue weighted by Gasteiger charge is -2.36. The van der Waals surface area contributed by atoms with Crippen LogP contribution < -0.4 is 0 Å². The summed E-state index contributed by atoms with van der Waals surface area (Å²) in [6.07, 6.45) is 8.57. The van der Waals surface area contributed by atoms with Crippen LogP contribution in [0.5, 0.6) is 0 Å². The van der Waals surface area contributed by atoms with Crippen molar-refractivity contribution in [1.29, 1.82) is 0 Å². The fraction of sp³-hybridized carbons (Fsp3) is 0.500. The Morgan fingerprint density at radius 2 is 1.93 bits per heavy atom. The van der Waals surface area contributed by atoms with Crippen molar-refractivity contribution in [3.05, 3.63) is 65.5 Å². The smallest absolute Gasteiger partial charge is 0.254 e. The van der Waals surface area contributed by atoms with E-state index in [2.05, 4.69) is 16.0 Å². The fourth-order valence-electron chi connectivity index (χ4n) is 3.86. The third kappa shape index (κ3) is 5.90. The van der Waals surface area contributed by atoms with Crippen LogP contribution in [0.3, 0.4) is 0 Å². The van der Waals surface area contributed by atoms with Crippen molar-refractivity contribution < 1.29 is 9.90 Å². The molecule has 1 saturated heterocycles. The predicted molar refractivity (Wildman–Crippen MR) is 112 cm³/mol. The molecule has 1 aliphatic rings. The number of likely N-dealkylation sites (tertiary alicyclic amines) is 1. The molecule has 1 aromatic carbocycles. The number of aryl methyl sites for hydroxylation is 2. The van der Waals surface area contributed by atoms with Crippen molar-refractivity contribution in [2.24, 2.45) is 0 Å². The van der Waals surface area contributed by atoms with E-state index < -0.39 is 5.60 Å². The standard InChI is InChI=1S/C24H32N2O2/c1-24(2,28)16-15-19-9-11-20(12-10-19)23(27)26-18-6-4-8-22(26)14-13-21-7-3-5-17-25-21/h3,5,7,9-12,17,22,28H,4,6,8,13-16,18H2,1-2H3/t22-/m1/s1. The number of rotatable bonds is 7. The van der Waals surface area contributed by atoms with Crippen molar-refractivity contribution in [3.63, 3.8) is 0 Å². The van der Waals surface area contributed by atoms with Gasteiger partial charge in [0.15, 0.2) is 0 Å². The summed E-state index contributed by atoms with van der Waals surface area (Å²) in [5, 5.41) is 9.89. The second-order valence-corrected chi connectivity index (χ2v) is 8.52. The number of hydrogen-bond donors (Lipinski definition) is 1. The first kappa shape index (κ1) is 20.5. The van der Waals surface area contributed by atoms with E-state index in [1.807, 2.05) is 56.4 Å². The zero-order chi connectivity index (χ0) is 20.0. The SMILES string of the molecule is CC(C)(O)CCc1ccc(C(=O)N2CCCC[C@@H]2CCc2ccccn2)cc1. The quantitative estimate of drug-likeness (QED) is 0.774. The van der Waals surface area contributed by atoms with E-state index in [9.17, 15) is 9.90 Å². The van der Waals surface area contributed by atoms with Gasteiger partial charge in [-0.3, -0.25) is 9.78 Å². The van der Waals surface area contributed by atoms with Gasteiger partial charge in [0.25, 0.3) is 5.91 Å². The van der Waals surface area contributed by atoms with Gasteiger partial charge in [-0.05, 0) is 88.6 Å². The second-order valence-electron chi connectivity index (χ2n) is 8.52. The molecule has 1 fully saturated rings. The lowest BCUT2D eigenvalue weighted by atomic mass is 9.95. The van der Waals surface area contributed by atoms with Crippen molar-refractivity contribution in [2.75, 3.05) is 6.54 Å². The Bertz CT molecular complexity index is 750. The van der Waals surface area contributed by atoms with Crippen LogP contribution in [0.1, 0.15) is 67.6 Å². The lowest BCUT2D eigenvalue weighted by molar-refractivity contribution is 0.0600. The van der Waals surface area contributed by atoms with Gasteiger partial charge in [-0.15, -0.1) is 0 Å². The fourth-order valence-corrected chi connectivity index (χ4v) is 3.86. The Morgan fingerprint density at radius 1 is 1.14 bits per heavy atom. The van der Waals surface area contributed by atoms with Gasteiger partial charge in [0.2, 0.25) is 0 Å². The van der Waals surface area contributed by atoms with Gasteiger partial charge < -0.3 is 10.0 Å². The van der Waals surface area contributed by atoms with Crippen LogP contribution in [0.15, 0.2) is 48.7 Å². The molecule has 1 amide bonds. The van der Waals surface area contributed by atoms with E-state index in [-0.39, 0.29) is 11.9 Å². The highest BCUT2D eigenvalue weighted by molar-refractivity contribution is 5.94. The molecule has 3 rings (SSSR count). The molecule has 1 atom stereocenters. The molecule has 4 nitrogen and oxygen atoms in total. The zero-order valence-electron chi connectivity index (χ0n) is 17.1. The maximum atomic E-state index is 13.1. The molecule has 1 N–H and O–H groups in total. The maximum Gasteiger partial charge on any atom is 0.254 e. The summed E-state index contributed by atoms with van der Waals surface area (Å²) >= 11 is 0. The normalized spacial score (nSPS) is 17.5. The topological polar surface area (TPSA) is 53.4 Å². The van der Waals surface area contributed by atoms with Gasteiger partial charge in [-0.1, -0.05) is 18.2 Å². The molecule has 2 aromatic rings. The molecule has 0 saturated carbocycles. The minimum absolute atomic E-state index is 0.139. The summed E-state index contributed by atoms with van der Waals surface area (Å²) in [5.41, 5.74) is 2.35. The molecule has 0 aliphatic carbocycles. The number of piperidine rings is 1. The predicted octanol–water partition coefficient (Wildman–Crippen LogP) is 4.41. The van der Waals surface area contributed by atoms with Crippen LogP contribution in [0.2, 0.25) is 0 Å². The first-order chi connectivity index (χ1) is 13.4. The van der Waals surface area contributed by atoms with E-state index in [0.29, 0.717) is 6.42 Å². The Labute approximate surface area is 168 Å². The average Bonchev–Trinajstić information content (AvgIpc) is 2.71. The van der Waals surface area contributed by atoms with Crippen LogP contribution in [-0.4, -0.2) is 39.1 Å². The highest BCUT2D eigenvalue weighted by Crippen LogP contribution is 2.24. The zero-order valence-corrected chi connectivity index (χ0v) is 17.1. The number of carbonyl (C=O) groups is 1. The van der Waals surface area contributed by atoms with Crippen molar-refractivity contribution >= 4 is 5.91 Å². The third-order valence-electron chi connectivity index (χ3n) is 5.57.